The molecule has 0 atom stereocenters. The molecule has 0 bridgehead atoms. The molecule has 30 heavy (non-hydrogen) atoms. The van der Waals surface area contributed by atoms with Crippen molar-refractivity contribution in [3.05, 3.63) is 70.7 Å². The summed E-state index contributed by atoms with van der Waals surface area (Å²) in [6, 6.07) is 17.6. The van der Waals surface area contributed by atoms with E-state index in [1.807, 2.05) is 59.5 Å². The van der Waals surface area contributed by atoms with Gasteiger partial charge in [0, 0.05) is 29.8 Å². The lowest BCUT2D eigenvalue weighted by Gasteiger charge is -2.26. The van der Waals surface area contributed by atoms with Crippen LogP contribution >= 0.6 is 11.3 Å². The van der Waals surface area contributed by atoms with Gasteiger partial charge in [-0.2, -0.15) is 0 Å². The number of aromatic nitrogens is 1. The summed E-state index contributed by atoms with van der Waals surface area (Å²) in [5.74, 6) is 0.366. The van der Waals surface area contributed by atoms with Crippen LogP contribution < -0.4 is 5.32 Å². The minimum atomic E-state index is -0.173. The molecule has 154 valence electrons. The molecule has 0 spiro atoms. The van der Waals surface area contributed by atoms with Crippen LogP contribution in [0.2, 0.25) is 0 Å². The Morgan fingerprint density at radius 2 is 1.77 bits per heavy atom. The number of thiazole rings is 1. The molecular weight excluding hydrogens is 394 g/mol. The number of anilines is 1. The Balaban J connectivity index is 1.41. The molecule has 4 rings (SSSR count). The molecule has 0 saturated carbocycles. The van der Waals surface area contributed by atoms with Crippen molar-refractivity contribution in [3.8, 4) is 11.1 Å². The first kappa shape index (κ1) is 20.3. The molecule has 2 heterocycles. The molecule has 5 nitrogen and oxygen atoms in total. The normalized spacial score (nSPS) is 13.2. The monoisotopic (exact) mass is 419 g/mol. The lowest BCUT2D eigenvalue weighted by molar-refractivity contribution is -0.132. The van der Waals surface area contributed by atoms with Gasteiger partial charge >= 0.3 is 0 Å². The van der Waals surface area contributed by atoms with Gasteiger partial charge in [0.1, 0.15) is 0 Å². The van der Waals surface area contributed by atoms with Crippen LogP contribution in [-0.2, 0) is 17.8 Å². The summed E-state index contributed by atoms with van der Waals surface area (Å²) in [7, 11) is 0. The third-order valence-corrected chi connectivity index (χ3v) is 6.14. The predicted molar refractivity (Wildman–Crippen MR) is 121 cm³/mol. The van der Waals surface area contributed by atoms with Crippen LogP contribution in [0.25, 0.3) is 11.1 Å². The van der Waals surface area contributed by atoms with E-state index in [0.29, 0.717) is 36.1 Å². The van der Waals surface area contributed by atoms with Crippen LogP contribution in [0.1, 0.15) is 41.2 Å². The molecule has 2 aromatic carbocycles. The largest absolute Gasteiger partial charge is 0.337 e. The van der Waals surface area contributed by atoms with Crippen LogP contribution in [0.5, 0.6) is 0 Å². The lowest BCUT2D eigenvalue weighted by Crippen LogP contribution is -2.36. The van der Waals surface area contributed by atoms with Crippen molar-refractivity contribution in [3.63, 3.8) is 0 Å². The summed E-state index contributed by atoms with van der Waals surface area (Å²) in [5.41, 5.74) is 3.77. The molecule has 0 saturated heterocycles. The van der Waals surface area contributed by atoms with Gasteiger partial charge in [-0.3, -0.25) is 14.9 Å². The number of nitrogens with zero attached hydrogens (tertiary/aromatic N) is 2. The molecule has 1 aliphatic heterocycles. The molecular formula is C24H25N3O2S. The Morgan fingerprint density at radius 3 is 2.47 bits per heavy atom. The molecule has 0 radical (unpaired) electrons. The van der Waals surface area contributed by atoms with Crippen LogP contribution in [0, 0.1) is 5.92 Å². The minimum absolute atomic E-state index is 0.173. The Kier molecular flexibility index (Phi) is 5.95. The maximum atomic E-state index is 12.7. The number of carbonyl (C=O) groups is 2. The fraction of sp³-hybridized carbons (Fsp3) is 0.292. The van der Waals surface area contributed by atoms with Crippen molar-refractivity contribution in [1.29, 1.82) is 0 Å². The van der Waals surface area contributed by atoms with Gasteiger partial charge < -0.3 is 4.90 Å². The maximum Gasteiger partial charge on any atom is 0.257 e. The second-order valence-corrected chi connectivity index (χ2v) is 9.03. The number of nitrogens with one attached hydrogen (secondary N) is 1. The first-order valence-electron chi connectivity index (χ1n) is 10.2. The van der Waals surface area contributed by atoms with E-state index < -0.39 is 0 Å². The second kappa shape index (κ2) is 8.79. The molecule has 0 unspecified atom stereocenters. The van der Waals surface area contributed by atoms with E-state index in [0.717, 1.165) is 28.1 Å². The van der Waals surface area contributed by atoms with E-state index in [9.17, 15) is 9.59 Å². The number of rotatable bonds is 5. The summed E-state index contributed by atoms with van der Waals surface area (Å²) in [4.78, 5) is 32.6. The fourth-order valence-electron chi connectivity index (χ4n) is 3.55. The molecule has 1 aliphatic rings. The number of carbonyl (C=O) groups excluding carboxylic acids is 2. The summed E-state index contributed by atoms with van der Waals surface area (Å²) < 4.78 is 0. The smallest absolute Gasteiger partial charge is 0.257 e. The molecule has 3 aromatic rings. The van der Waals surface area contributed by atoms with Gasteiger partial charge in [-0.1, -0.05) is 67.6 Å². The topological polar surface area (TPSA) is 62.3 Å². The van der Waals surface area contributed by atoms with Crippen molar-refractivity contribution >= 4 is 28.3 Å². The van der Waals surface area contributed by atoms with Crippen LogP contribution in [-0.4, -0.2) is 28.2 Å². The summed E-state index contributed by atoms with van der Waals surface area (Å²) in [6.07, 6.45) is 1.30. The van der Waals surface area contributed by atoms with Crippen molar-refractivity contribution in [2.24, 2.45) is 5.92 Å². The van der Waals surface area contributed by atoms with Crippen LogP contribution in [0.3, 0.4) is 0 Å². The highest BCUT2D eigenvalue weighted by molar-refractivity contribution is 7.15. The zero-order chi connectivity index (χ0) is 21.1. The van der Waals surface area contributed by atoms with E-state index in [4.69, 9.17) is 0 Å². The van der Waals surface area contributed by atoms with Crippen molar-refractivity contribution in [2.45, 2.75) is 33.2 Å². The van der Waals surface area contributed by atoms with Gasteiger partial charge in [0.2, 0.25) is 5.91 Å². The minimum Gasteiger partial charge on any atom is -0.337 e. The average molecular weight is 420 g/mol. The van der Waals surface area contributed by atoms with Gasteiger partial charge in [0.15, 0.2) is 5.13 Å². The molecule has 0 fully saturated rings. The zero-order valence-corrected chi connectivity index (χ0v) is 18.0. The van der Waals surface area contributed by atoms with Gasteiger partial charge in [-0.15, -0.1) is 0 Å². The fourth-order valence-corrected chi connectivity index (χ4v) is 4.57. The summed E-state index contributed by atoms with van der Waals surface area (Å²) in [6.45, 7) is 5.39. The molecule has 0 aliphatic carbocycles. The molecule has 1 aromatic heterocycles. The number of hydrogen-bond donors (Lipinski definition) is 1. The lowest BCUT2D eigenvalue weighted by atomic mass is 10.0. The molecule has 1 N–H and O–H groups in total. The SMILES string of the molecule is CC(C)CC(=O)N1CCc2nc(NC(=O)c3ccc(-c4ccccc4)cc3)sc2C1. The second-order valence-electron chi connectivity index (χ2n) is 7.95. The van der Waals surface area contributed by atoms with Gasteiger partial charge in [0.05, 0.1) is 12.2 Å². The Bertz CT molecular complexity index is 1040. The number of amides is 2. The van der Waals surface area contributed by atoms with Crippen LogP contribution in [0.4, 0.5) is 5.13 Å². The predicted octanol–water partition coefficient (Wildman–Crippen LogP) is 4.99. The highest BCUT2D eigenvalue weighted by Gasteiger charge is 2.25. The van der Waals surface area contributed by atoms with E-state index >= 15 is 0 Å². The quantitative estimate of drug-likeness (QED) is 0.633. The van der Waals surface area contributed by atoms with Crippen molar-refractivity contribution in [2.75, 3.05) is 11.9 Å². The van der Waals surface area contributed by atoms with Crippen LogP contribution in [0.15, 0.2) is 54.6 Å². The van der Waals surface area contributed by atoms with Gasteiger partial charge in [-0.05, 0) is 29.2 Å². The Hall–Kier alpha value is -2.99. The van der Waals surface area contributed by atoms with E-state index in [1.54, 1.807) is 0 Å². The number of benzene rings is 2. The first-order chi connectivity index (χ1) is 14.5. The molecule has 6 heteroatoms. The summed E-state index contributed by atoms with van der Waals surface area (Å²) in [5, 5.41) is 3.51. The number of fused-ring (bicyclic) bond motifs is 1. The van der Waals surface area contributed by atoms with Crippen molar-refractivity contribution in [1.82, 2.24) is 9.88 Å². The van der Waals surface area contributed by atoms with Gasteiger partial charge in [0.25, 0.3) is 5.91 Å². The summed E-state index contributed by atoms with van der Waals surface area (Å²) >= 11 is 1.46. The van der Waals surface area contributed by atoms with E-state index in [1.165, 1.54) is 11.3 Å². The van der Waals surface area contributed by atoms with E-state index in [-0.39, 0.29) is 11.8 Å². The zero-order valence-electron chi connectivity index (χ0n) is 17.2. The third kappa shape index (κ3) is 4.60. The Morgan fingerprint density at radius 1 is 1.07 bits per heavy atom. The van der Waals surface area contributed by atoms with E-state index in [2.05, 4.69) is 24.1 Å². The highest BCUT2D eigenvalue weighted by Crippen LogP contribution is 2.29. The molecule has 2 amide bonds. The standard InChI is InChI=1S/C24H25N3O2S/c1-16(2)14-22(28)27-13-12-20-21(15-27)30-24(25-20)26-23(29)19-10-8-18(9-11-19)17-6-4-3-5-7-17/h3-11,16H,12-15H2,1-2H3,(H,25,26,29). The highest BCUT2D eigenvalue weighted by atomic mass is 32.1. The first-order valence-corrected chi connectivity index (χ1v) is 11.0. The average Bonchev–Trinajstić information content (AvgIpc) is 3.15. The number of hydrogen-bond acceptors (Lipinski definition) is 4. The van der Waals surface area contributed by atoms with Crippen molar-refractivity contribution < 1.29 is 9.59 Å². The third-order valence-electron chi connectivity index (χ3n) is 5.14. The maximum absolute atomic E-state index is 12.7. The van der Waals surface area contributed by atoms with Gasteiger partial charge in [-0.25, -0.2) is 4.98 Å². The Labute approximate surface area is 180 Å².